The molecule has 130 valence electrons. The largest absolute Gasteiger partial charge is 0.506 e. The minimum absolute atomic E-state index is 0.109. The first-order valence-electron chi connectivity index (χ1n) is 7.67. The van der Waals surface area contributed by atoms with Gasteiger partial charge in [-0.2, -0.15) is 0 Å². The van der Waals surface area contributed by atoms with E-state index in [1.54, 1.807) is 30.3 Å². The quantitative estimate of drug-likeness (QED) is 0.421. The third-order valence-corrected chi connectivity index (χ3v) is 4.07. The molecule has 0 heterocycles. The lowest BCUT2D eigenvalue weighted by atomic mass is 9.96. The molecular weight excluding hydrogens is 334 g/mol. The van der Waals surface area contributed by atoms with Crippen molar-refractivity contribution in [1.82, 2.24) is 0 Å². The molecule has 0 aliphatic heterocycles. The Labute approximate surface area is 148 Å². The Morgan fingerprint density at radius 2 is 1.15 bits per heavy atom. The maximum atomic E-state index is 11.0. The normalized spacial score (nSPS) is 10.5. The van der Waals surface area contributed by atoms with Crippen LogP contribution in [0.15, 0.2) is 60.7 Å². The molecule has 3 aromatic rings. The van der Waals surface area contributed by atoms with Crippen molar-refractivity contribution >= 4 is 17.6 Å². The lowest BCUT2D eigenvalue weighted by Gasteiger charge is -2.12. The number of carboxylic acids is 2. The highest BCUT2D eigenvalue weighted by molar-refractivity contribution is 5.91. The molecule has 5 N–H and O–H groups in total. The van der Waals surface area contributed by atoms with Crippen LogP contribution in [0.3, 0.4) is 0 Å². The first kappa shape index (κ1) is 17.0. The summed E-state index contributed by atoms with van der Waals surface area (Å²) in [6.07, 6.45) is 0. The molecule has 0 saturated carbocycles. The molecule has 0 spiro atoms. The van der Waals surface area contributed by atoms with Gasteiger partial charge in [-0.1, -0.05) is 24.3 Å². The number of hydrogen-bond acceptors (Lipinski definition) is 4. The highest BCUT2D eigenvalue weighted by Gasteiger charge is 2.12. The highest BCUT2D eigenvalue weighted by Crippen LogP contribution is 2.37. The third-order valence-electron chi connectivity index (χ3n) is 4.07. The molecule has 0 fully saturated rings. The van der Waals surface area contributed by atoms with Crippen LogP contribution in [-0.2, 0) is 0 Å². The topological polar surface area (TPSA) is 121 Å². The fourth-order valence-electron chi connectivity index (χ4n) is 2.64. The Balaban J connectivity index is 2.07. The lowest BCUT2D eigenvalue weighted by molar-refractivity contribution is 0.0686. The fourth-order valence-corrected chi connectivity index (χ4v) is 2.64. The summed E-state index contributed by atoms with van der Waals surface area (Å²) in [4.78, 5) is 21.9. The van der Waals surface area contributed by atoms with Crippen LogP contribution < -0.4 is 5.73 Å². The molecule has 0 saturated heterocycles. The SMILES string of the molecule is Nc1c(O)cc(-c2ccc(C(=O)O)cc2)cc1-c1ccc(C(=O)O)cc1. The number of phenolic OH excluding ortho intramolecular Hbond substituents is 1. The van der Waals surface area contributed by atoms with Gasteiger partial charge >= 0.3 is 11.9 Å². The molecule has 26 heavy (non-hydrogen) atoms. The predicted octanol–water partition coefficient (Wildman–Crippen LogP) is 3.70. The van der Waals surface area contributed by atoms with Crippen LogP contribution in [0.1, 0.15) is 20.7 Å². The van der Waals surface area contributed by atoms with Crippen molar-refractivity contribution in [3.8, 4) is 28.0 Å². The number of carbonyl (C=O) groups is 2. The van der Waals surface area contributed by atoms with E-state index in [-0.39, 0.29) is 22.6 Å². The summed E-state index contributed by atoms with van der Waals surface area (Å²) in [5.41, 5.74) is 9.06. The number of hydrogen-bond donors (Lipinski definition) is 4. The summed E-state index contributed by atoms with van der Waals surface area (Å²) >= 11 is 0. The van der Waals surface area contributed by atoms with E-state index in [4.69, 9.17) is 15.9 Å². The summed E-state index contributed by atoms with van der Waals surface area (Å²) in [7, 11) is 0. The molecule has 0 bridgehead atoms. The molecular formula is C20H15NO5. The molecule has 0 radical (unpaired) electrons. The molecule has 6 heteroatoms. The zero-order valence-electron chi connectivity index (χ0n) is 13.5. The van der Waals surface area contributed by atoms with Crippen LogP contribution >= 0.6 is 0 Å². The smallest absolute Gasteiger partial charge is 0.335 e. The lowest BCUT2D eigenvalue weighted by Crippen LogP contribution is -1.97. The maximum absolute atomic E-state index is 11.0. The van der Waals surface area contributed by atoms with Gasteiger partial charge in [0.2, 0.25) is 0 Å². The summed E-state index contributed by atoms with van der Waals surface area (Å²) < 4.78 is 0. The van der Waals surface area contributed by atoms with Gasteiger partial charge in [-0.3, -0.25) is 0 Å². The number of aromatic hydroxyl groups is 1. The van der Waals surface area contributed by atoms with E-state index in [1.165, 1.54) is 30.3 Å². The highest BCUT2D eigenvalue weighted by atomic mass is 16.4. The molecule has 0 aliphatic rings. The minimum atomic E-state index is -1.03. The molecule has 3 rings (SSSR count). The van der Waals surface area contributed by atoms with E-state index in [0.717, 1.165) is 0 Å². The first-order valence-corrected chi connectivity index (χ1v) is 7.67. The van der Waals surface area contributed by atoms with Crippen molar-refractivity contribution in [1.29, 1.82) is 0 Å². The van der Waals surface area contributed by atoms with Crippen molar-refractivity contribution in [2.75, 3.05) is 5.73 Å². The van der Waals surface area contributed by atoms with E-state index >= 15 is 0 Å². The summed E-state index contributed by atoms with van der Waals surface area (Å²) in [6, 6.07) is 15.7. The number of aromatic carboxylic acids is 2. The monoisotopic (exact) mass is 349 g/mol. The van der Waals surface area contributed by atoms with Gasteiger partial charge in [0.15, 0.2) is 0 Å². The minimum Gasteiger partial charge on any atom is -0.506 e. The van der Waals surface area contributed by atoms with Gasteiger partial charge in [0.1, 0.15) is 5.75 Å². The predicted molar refractivity (Wildman–Crippen MR) is 97.3 cm³/mol. The molecule has 6 nitrogen and oxygen atoms in total. The second-order valence-corrected chi connectivity index (χ2v) is 5.72. The van der Waals surface area contributed by atoms with Crippen molar-refractivity contribution in [3.05, 3.63) is 71.8 Å². The Kier molecular flexibility index (Phi) is 4.33. The maximum Gasteiger partial charge on any atom is 0.335 e. The number of anilines is 1. The second-order valence-electron chi connectivity index (χ2n) is 5.72. The Morgan fingerprint density at radius 3 is 1.62 bits per heavy atom. The Bertz CT molecular complexity index is 992. The van der Waals surface area contributed by atoms with Gasteiger partial charge in [-0.05, 0) is 53.1 Å². The summed E-state index contributed by atoms with van der Waals surface area (Å²) in [5, 5.41) is 28.2. The van der Waals surface area contributed by atoms with Crippen molar-refractivity contribution < 1.29 is 24.9 Å². The Morgan fingerprint density at radius 1 is 0.692 bits per heavy atom. The van der Waals surface area contributed by atoms with Crippen molar-refractivity contribution in [3.63, 3.8) is 0 Å². The molecule has 3 aromatic carbocycles. The van der Waals surface area contributed by atoms with E-state index in [1.807, 2.05) is 0 Å². The average molecular weight is 349 g/mol. The van der Waals surface area contributed by atoms with Gasteiger partial charge in [0, 0.05) is 5.56 Å². The number of nitrogen functional groups attached to an aromatic ring is 1. The number of phenols is 1. The van der Waals surface area contributed by atoms with Crippen LogP contribution in [0, 0.1) is 0 Å². The second kappa shape index (κ2) is 6.60. The van der Waals surface area contributed by atoms with Gasteiger partial charge in [0.05, 0.1) is 16.8 Å². The van der Waals surface area contributed by atoms with Crippen LogP contribution in [0.5, 0.6) is 5.75 Å². The Hall–Kier alpha value is -3.80. The molecule has 0 aromatic heterocycles. The summed E-state index contributed by atoms with van der Waals surface area (Å²) in [6.45, 7) is 0. The van der Waals surface area contributed by atoms with E-state index in [0.29, 0.717) is 22.3 Å². The van der Waals surface area contributed by atoms with Crippen LogP contribution in [0.25, 0.3) is 22.3 Å². The molecule has 0 unspecified atom stereocenters. The zero-order chi connectivity index (χ0) is 18.8. The standard InChI is InChI=1S/C20H15NO5/c21-18-16(12-3-7-14(8-4-12)20(25)26)9-15(10-17(18)22)11-1-5-13(6-2-11)19(23)24/h1-10,22H,21H2,(H,23,24)(H,25,26). The third kappa shape index (κ3) is 3.21. The summed E-state index contributed by atoms with van der Waals surface area (Å²) in [5.74, 6) is -2.15. The average Bonchev–Trinajstić information content (AvgIpc) is 2.64. The first-order chi connectivity index (χ1) is 12.4. The molecule has 0 atom stereocenters. The van der Waals surface area contributed by atoms with Crippen molar-refractivity contribution in [2.24, 2.45) is 0 Å². The number of rotatable bonds is 4. The van der Waals surface area contributed by atoms with E-state index in [2.05, 4.69) is 0 Å². The van der Waals surface area contributed by atoms with E-state index < -0.39 is 11.9 Å². The van der Waals surface area contributed by atoms with Gasteiger partial charge < -0.3 is 21.1 Å². The zero-order valence-corrected chi connectivity index (χ0v) is 13.5. The molecule has 0 aliphatic carbocycles. The molecule has 0 amide bonds. The fraction of sp³-hybridized carbons (Fsp3) is 0. The van der Waals surface area contributed by atoms with Gasteiger partial charge in [0.25, 0.3) is 0 Å². The number of carboxylic acid groups (broad SMARTS) is 2. The van der Waals surface area contributed by atoms with Crippen LogP contribution in [0.4, 0.5) is 5.69 Å². The number of benzene rings is 3. The van der Waals surface area contributed by atoms with Gasteiger partial charge in [-0.15, -0.1) is 0 Å². The van der Waals surface area contributed by atoms with E-state index in [9.17, 15) is 14.7 Å². The van der Waals surface area contributed by atoms with Crippen LogP contribution in [0.2, 0.25) is 0 Å². The van der Waals surface area contributed by atoms with Crippen molar-refractivity contribution in [2.45, 2.75) is 0 Å². The van der Waals surface area contributed by atoms with Crippen LogP contribution in [-0.4, -0.2) is 27.3 Å². The van der Waals surface area contributed by atoms with Gasteiger partial charge in [-0.25, -0.2) is 9.59 Å². The number of nitrogens with two attached hydrogens (primary N) is 1.